The third-order valence-electron chi connectivity index (χ3n) is 4.35. The van der Waals surface area contributed by atoms with Crippen LogP contribution in [0, 0.1) is 0 Å². The fraction of sp³-hybridized carbons (Fsp3) is 0.278. The molecule has 7 heteroatoms. The van der Waals surface area contributed by atoms with Crippen molar-refractivity contribution < 1.29 is 4.79 Å². The first kappa shape index (κ1) is 15.4. The molecule has 1 aliphatic rings. The van der Waals surface area contributed by atoms with E-state index in [0.717, 1.165) is 18.5 Å². The van der Waals surface area contributed by atoms with Crippen molar-refractivity contribution in [1.82, 2.24) is 29.6 Å². The van der Waals surface area contributed by atoms with E-state index in [1.165, 1.54) is 6.33 Å². The van der Waals surface area contributed by atoms with E-state index >= 15 is 0 Å². The first-order valence-corrected chi connectivity index (χ1v) is 8.28. The van der Waals surface area contributed by atoms with Crippen LogP contribution in [0.4, 0.5) is 0 Å². The molecule has 0 spiro atoms. The topological polar surface area (TPSA) is 76.8 Å². The Morgan fingerprint density at radius 3 is 2.80 bits per heavy atom. The zero-order chi connectivity index (χ0) is 17.2. The molecule has 1 aliphatic carbocycles. The third kappa shape index (κ3) is 3.13. The van der Waals surface area contributed by atoms with E-state index in [2.05, 4.69) is 20.1 Å². The van der Waals surface area contributed by atoms with E-state index in [4.69, 9.17) is 0 Å². The van der Waals surface area contributed by atoms with Gasteiger partial charge in [-0.15, -0.1) is 0 Å². The van der Waals surface area contributed by atoms with Gasteiger partial charge in [-0.1, -0.05) is 6.07 Å². The summed E-state index contributed by atoms with van der Waals surface area (Å²) in [4.78, 5) is 27.7. The van der Waals surface area contributed by atoms with Crippen molar-refractivity contribution in [3.63, 3.8) is 0 Å². The van der Waals surface area contributed by atoms with Crippen molar-refractivity contribution >= 4 is 5.91 Å². The van der Waals surface area contributed by atoms with Gasteiger partial charge in [0, 0.05) is 24.0 Å². The van der Waals surface area contributed by atoms with Crippen LogP contribution in [0.5, 0.6) is 0 Å². The number of nitrogens with zero attached hydrogens (tertiary/aromatic N) is 6. The zero-order valence-corrected chi connectivity index (χ0v) is 13.9. The molecule has 3 aromatic heterocycles. The van der Waals surface area contributed by atoms with Crippen LogP contribution in [0.25, 0.3) is 5.82 Å². The number of amides is 1. The molecule has 3 aromatic rings. The standard InChI is InChI=1S/C18H18N6O/c1-13(16-4-2-3-8-20-16)24(15-5-6-15)18(25)14-7-9-21-17(10-14)23-12-19-11-22-23/h2-4,7-13,15H,5-6H2,1H3/t13-/m0/s1. The Labute approximate surface area is 145 Å². The predicted molar refractivity (Wildman–Crippen MR) is 91.0 cm³/mol. The molecule has 0 radical (unpaired) electrons. The molecule has 0 unspecified atom stereocenters. The molecule has 3 heterocycles. The van der Waals surface area contributed by atoms with Gasteiger partial charge >= 0.3 is 0 Å². The van der Waals surface area contributed by atoms with E-state index in [-0.39, 0.29) is 18.0 Å². The van der Waals surface area contributed by atoms with E-state index in [1.807, 2.05) is 30.0 Å². The molecule has 1 atom stereocenters. The maximum absolute atomic E-state index is 13.2. The highest BCUT2D eigenvalue weighted by atomic mass is 16.2. The van der Waals surface area contributed by atoms with Crippen molar-refractivity contribution in [2.24, 2.45) is 0 Å². The minimum Gasteiger partial charge on any atom is -0.327 e. The van der Waals surface area contributed by atoms with Crippen LogP contribution in [0.15, 0.2) is 55.4 Å². The van der Waals surface area contributed by atoms with Gasteiger partial charge < -0.3 is 4.90 Å². The van der Waals surface area contributed by atoms with Gasteiger partial charge in [-0.25, -0.2) is 14.6 Å². The van der Waals surface area contributed by atoms with Gasteiger partial charge in [0.2, 0.25) is 0 Å². The Morgan fingerprint density at radius 1 is 1.24 bits per heavy atom. The monoisotopic (exact) mass is 334 g/mol. The van der Waals surface area contributed by atoms with E-state index in [9.17, 15) is 4.79 Å². The molecule has 0 aromatic carbocycles. The fourth-order valence-electron chi connectivity index (χ4n) is 2.93. The summed E-state index contributed by atoms with van der Waals surface area (Å²) in [7, 11) is 0. The number of pyridine rings is 2. The molecule has 1 amide bonds. The molecular weight excluding hydrogens is 316 g/mol. The first-order valence-electron chi connectivity index (χ1n) is 8.28. The summed E-state index contributed by atoms with van der Waals surface area (Å²) in [6.45, 7) is 2.03. The van der Waals surface area contributed by atoms with E-state index < -0.39 is 0 Å². The molecule has 0 bridgehead atoms. The molecule has 1 fully saturated rings. The normalized spacial score (nSPS) is 14.9. The predicted octanol–water partition coefficient (Wildman–Crippen LogP) is 2.42. The van der Waals surface area contributed by atoms with Crippen LogP contribution >= 0.6 is 0 Å². The smallest absolute Gasteiger partial charge is 0.254 e. The molecule has 0 N–H and O–H groups in total. The average molecular weight is 334 g/mol. The van der Waals surface area contributed by atoms with Crippen LogP contribution in [0.3, 0.4) is 0 Å². The van der Waals surface area contributed by atoms with Gasteiger partial charge in [0.25, 0.3) is 5.91 Å². The average Bonchev–Trinajstić information content (AvgIpc) is 3.34. The van der Waals surface area contributed by atoms with Crippen LogP contribution in [-0.4, -0.2) is 41.6 Å². The van der Waals surface area contributed by atoms with Gasteiger partial charge in [0.05, 0.1) is 11.7 Å². The van der Waals surface area contributed by atoms with Gasteiger partial charge in [-0.3, -0.25) is 9.78 Å². The lowest BCUT2D eigenvalue weighted by Gasteiger charge is -2.29. The van der Waals surface area contributed by atoms with E-state index in [1.54, 1.807) is 35.5 Å². The maximum Gasteiger partial charge on any atom is 0.254 e. The molecule has 0 saturated heterocycles. The van der Waals surface area contributed by atoms with Crippen molar-refractivity contribution in [3.05, 3.63) is 66.6 Å². The maximum atomic E-state index is 13.2. The summed E-state index contributed by atoms with van der Waals surface area (Å²) in [5, 5.41) is 4.07. The van der Waals surface area contributed by atoms with Crippen molar-refractivity contribution in [1.29, 1.82) is 0 Å². The number of aromatic nitrogens is 5. The highest BCUT2D eigenvalue weighted by Gasteiger charge is 2.37. The molecule has 25 heavy (non-hydrogen) atoms. The number of hydrogen-bond acceptors (Lipinski definition) is 5. The molecule has 1 saturated carbocycles. The number of rotatable bonds is 5. The van der Waals surface area contributed by atoms with Crippen molar-refractivity contribution in [3.8, 4) is 5.82 Å². The molecule has 126 valence electrons. The van der Waals surface area contributed by atoms with Crippen LogP contribution < -0.4 is 0 Å². The van der Waals surface area contributed by atoms with Crippen LogP contribution in [0.2, 0.25) is 0 Å². The summed E-state index contributed by atoms with van der Waals surface area (Å²) >= 11 is 0. The Balaban J connectivity index is 1.65. The molecular formula is C18H18N6O. The second-order valence-corrected chi connectivity index (χ2v) is 6.12. The third-order valence-corrected chi connectivity index (χ3v) is 4.35. The quantitative estimate of drug-likeness (QED) is 0.716. The second kappa shape index (κ2) is 6.43. The van der Waals surface area contributed by atoms with Crippen LogP contribution in [-0.2, 0) is 0 Å². The Bertz CT molecular complexity index is 860. The Kier molecular flexibility index (Phi) is 3.97. The Hall–Kier alpha value is -3.09. The number of carbonyl (C=O) groups is 1. The van der Waals surface area contributed by atoms with Gasteiger partial charge in [0.1, 0.15) is 12.7 Å². The summed E-state index contributed by atoms with van der Waals surface area (Å²) in [5.41, 5.74) is 1.49. The molecule has 7 nitrogen and oxygen atoms in total. The fourth-order valence-corrected chi connectivity index (χ4v) is 2.93. The zero-order valence-electron chi connectivity index (χ0n) is 13.9. The highest BCUT2D eigenvalue weighted by molar-refractivity contribution is 5.95. The molecule has 0 aliphatic heterocycles. The lowest BCUT2D eigenvalue weighted by atomic mass is 10.1. The second-order valence-electron chi connectivity index (χ2n) is 6.12. The molecule has 4 rings (SSSR count). The largest absolute Gasteiger partial charge is 0.327 e. The van der Waals surface area contributed by atoms with Gasteiger partial charge in [0.15, 0.2) is 5.82 Å². The first-order chi connectivity index (χ1) is 12.2. The lowest BCUT2D eigenvalue weighted by molar-refractivity contribution is 0.0670. The SMILES string of the molecule is C[C@@H](c1ccccn1)N(C(=O)c1ccnc(-n2cncn2)c1)C1CC1. The van der Waals surface area contributed by atoms with Gasteiger partial charge in [-0.2, -0.15) is 5.10 Å². The summed E-state index contributed by atoms with van der Waals surface area (Å²) in [6.07, 6.45) is 8.45. The summed E-state index contributed by atoms with van der Waals surface area (Å²) in [5.74, 6) is 0.564. The van der Waals surface area contributed by atoms with Gasteiger partial charge in [-0.05, 0) is 44.0 Å². The minimum atomic E-state index is -0.0795. The van der Waals surface area contributed by atoms with Crippen LogP contribution in [0.1, 0.15) is 41.9 Å². The van der Waals surface area contributed by atoms with E-state index in [0.29, 0.717) is 11.4 Å². The lowest BCUT2D eigenvalue weighted by Crippen LogP contribution is -2.36. The number of carbonyl (C=O) groups excluding carboxylic acids is 1. The summed E-state index contributed by atoms with van der Waals surface area (Å²) < 4.78 is 1.54. The highest BCUT2D eigenvalue weighted by Crippen LogP contribution is 2.35. The minimum absolute atomic E-state index is 0.00980. The Morgan fingerprint density at radius 2 is 2.12 bits per heavy atom. The number of hydrogen-bond donors (Lipinski definition) is 0. The summed E-state index contributed by atoms with van der Waals surface area (Å²) in [6, 6.07) is 9.47. The van der Waals surface area contributed by atoms with Crippen molar-refractivity contribution in [2.75, 3.05) is 0 Å². The van der Waals surface area contributed by atoms with Crippen molar-refractivity contribution in [2.45, 2.75) is 31.8 Å².